The van der Waals surface area contributed by atoms with Crippen LogP contribution in [0.3, 0.4) is 0 Å². The van der Waals surface area contributed by atoms with Gasteiger partial charge in [0.1, 0.15) is 5.69 Å². The standard InChI is InChI=1S/C14H22N4O3/c1-15-14-12(3-2-4-13(14)18(20)21)11-17-7-5-16(6-8-17)9-10-19/h2-4,15,19H,5-11H2,1H3. The molecule has 1 aromatic carbocycles. The van der Waals surface area contributed by atoms with Crippen LogP contribution in [-0.4, -0.2) is 66.2 Å². The van der Waals surface area contributed by atoms with Crippen molar-refractivity contribution in [2.45, 2.75) is 6.54 Å². The smallest absolute Gasteiger partial charge is 0.292 e. The van der Waals surface area contributed by atoms with Crippen molar-refractivity contribution in [2.24, 2.45) is 0 Å². The van der Waals surface area contributed by atoms with Crippen LogP contribution in [0.25, 0.3) is 0 Å². The predicted molar refractivity (Wildman–Crippen MR) is 81.4 cm³/mol. The zero-order valence-corrected chi connectivity index (χ0v) is 12.3. The van der Waals surface area contributed by atoms with E-state index in [1.54, 1.807) is 13.1 Å². The van der Waals surface area contributed by atoms with Gasteiger partial charge < -0.3 is 10.4 Å². The molecular formula is C14H22N4O3. The number of piperazine rings is 1. The second kappa shape index (κ2) is 7.35. The molecule has 0 unspecified atom stereocenters. The average Bonchev–Trinajstić information content (AvgIpc) is 2.49. The van der Waals surface area contributed by atoms with E-state index in [1.165, 1.54) is 6.07 Å². The largest absolute Gasteiger partial charge is 0.395 e. The lowest BCUT2D eigenvalue weighted by molar-refractivity contribution is -0.384. The van der Waals surface area contributed by atoms with E-state index in [1.807, 2.05) is 6.07 Å². The summed E-state index contributed by atoms with van der Waals surface area (Å²) in [4.78, 5) is 15.2. The minimum absolute atomic E-state index is 0.119. The van der Waals surface area contributed by atoms with E-state index in [2.05, 4.69) is 15.1 Å². The third kappa shape index (κ3) is 3.90. The molecule has 21 heavy (non-hydrogen) atoms. The van der Waals surface area contributed by atoms with Crippen LogP contribution in [0.4, 0.5) is 11.4 Å². The number of benzene rings is 1. The maximum atomic E-state index is 11.1. The lowest BCUT2D eigenvalue weighted by Gasteiger charge is -2.34. The van der Waals surface area contributed by atoms with Gasteiger partial charge in [0.2, 0.25) is 0 Å². The molecule has 7 heteroatoms. The maximum absolute atomic E-state index is 11.1. The molecule has 1 aromatic rings. The number of nitrogens with one attached hydrogen (secondary N) is 1. The summed E-state index contributed by atoms with van der Waals surface area (Å²) in [7, 11) is 1.71. The Labute approximate surface area is 124 Å². The van der Waals surface area contributed by atoms with Crippen LogP contribution in [-0.2, 0) is 6.54 Å². The molecule has 1 heterocycles. The summed E-state index contributed by atoms with van der Waals surface area (Å²) in [6.07, 6.45) is 0. The molecule has 0 atom stereocenters. The van der Waals surface area contributed by atoms with E-state index in [-0.39, 0.29) is 17.2 Å². The van der Waals surface area contributed by atoms with Gasteiger partial charge in [0, 0.05) is 52.4 Å². The Bertz CT molecular complexity index is 487. The Morgan fingerprint density at radius 3 is 2.52 bits per heavy atom. The van der Waals surface area contributed by atoms with Gasteiger partial charge in [-0.1, -0.05) is 12.1 Å². The van der Waals surface area contributed by atoms with Gasteiger partial charge in [-0.3, -0.25) is 19.9 Å². The third-order valence-corrected chi connectivity index (χ3v) is 3.85. The van der Waals surface area contributed by atoms with Crippen molar-refractivity contribution in [3.63, 3.8) is 0 Å². The van der Waals surface area contributed by atoms with Crippen molar-refractivity contribution >= 4 is 11.4 Å². The molecule has 1 aliphatic rings. The number of anilines is 1. The molecule has 0 aromatic heterocycles. The maximum Gasteiger partial charge on any atom is 0.292 e. The van der Waals surface area contributed by atoms with Crippen LogP contribution >= 0.6 is 0 Å². The summed E-state index contributed by atoms with van der Waals surface area (Å²) >= 11 is 0. The van der Waals surface area contributed by atoms with Gasteiger partial charge in [0.25, 0.3) is 5.69 Å². The van der Waals surface area contributed by atoms with Gasteiger partial charge in [-0.05, 0) is 5.56 Å². The molecule has 0 bridgehead atoms. The summed E-state index contributed by atoms with van der Waals surface area (Å²) in [5.74, 6) is 0. The number of para-hydroxylation sites is 1. The van der Waals surface area contributed by atoms with E-state index >= 15 is 0 Å². The Balaban J connectivity index is 2.04. The van der Waals surface area contributed by atoms with Gasteiger partial charge in [-0.25, -0.2) is 0 Å². The zero-order valence-electron chi connectivity index (χ0n) is 12.3. The van der Waals surface area contributed by atoms with Crippen molar-refractivity contribution in [1.82, 2.24) is 9.80 Å². The first kappa shape index (κ1) is 15.7. The van der Waals surface area contributed by atoms with Crippen LogP contribution in [0.1, 0.15) is 5.56 Å². The van der Waals surface area contributed by atoms with E-state index < -0.39 is 0 Å². The highest BCUT2D eigenvalue weighted by Gasteiger charge is 2.20. The SMILES string of the molecule is CNc1c(CN2CCN(CCO)CC2)cccc1[N+](=O)[O-]. The molecule has 1 fully saturated rings. The zero-order chi connectivity index (χ0) is 15.2. The van der Waals surface area contributed by atoms with Crippen molar-refractivity contribution in [3.8, 4) is 0 Å². The molecule has 116 valence electrons. The molecule has 0 amide bonds. The van der Waals surface area contributed by atoms with E-state index in [0.29, 0.717) is 18.8 Å². The van der Waals surface area contributed by atoms with Gasteiger partial charge in [-0.2, -0.15) is 0 Å². The monoisotopic (exact) mass is 294 g/mol. The lowest BCUT2D eigenvalue weighted by atomic mass is 10.1. The Hall–Kier alpha value is -1.70. The molecular weight excluding hydrogens is 272 g/mol. The number of nitrogens with zero attached hydrogens (tertiary/aromatic N) is 3. The first-order valence-electron chi connectivity index (χ1n) is 7.15. The lowest BCUT2D eigenvalue weighted by Crippen LogP contribution is -2.46. The summed E-state index contributed by atoms with van der Waals surface area (Å²) in [5, 5.41) is 23.0. The Kier molecular flexibility index (Phi) is 5.49. The van der Waals surface area contributed by atoms with Crippen molar-refractivity contribution in [2.75, 3.05) is 51.7 Å². The topological polar surface area (TPSA) is 81.9 Å². The van der Waals surface area contributed by atoms with E-state index in [9.17, 15) is 10.1 Å². The van der Waals surface area contributed by atoms with Crippen LogP contribution in [0, 0.1) is 10.1 Å². The molecule has 0 radical (unpaired) electrons. The highest BCUT2D eigenvalue weighted by atomic mass is 16.6. The molecule has 1 aliphatic heterocycles. The number of nitro benzene ring substituents is 1. The van der Waals surface area contributed by atoms with Crippen molar-refractivity contribution in [3.05, 3.63) is 33.9 Å². The molecule has 2 N–H and O–H groups in total. The summed E-state index contributed by atoms with van der Waals surface area (Å²) in [5.41, 5.74) is 1.66. The fraction of sp³-hybridized carbons (Fsp3) is 0.571. The first-order chi connectivity index (χ1) is 10.2. The average molecular weight is 294 g/mol. The number of rotatable bonds is 6. The summed E-state index contributed by atoms with van der Waals surface area (Å²) < 4.78 is 0. The predicted octanol–water partition coefficient (Wildman–Crippen LogP) is 0.746. The normalized spacial score (nSPS) is 16.9. The number of hydrogen-bond acceptors (Lipinski definition) is 6. The van der Waals surface area contributed by atoms with Gasteiger partial charge in [0.05, 0.1) is 11.5 Å². The van der Waals surface area contributed by atoms with Crippen LogP contribution < -0.4 is 5.32 Å². The number of aliphatic hydroxyl groups excluding tert-OH is 1. The van der Waals surface area contributed by atoms with Gasteiger partial charge in [-0.15, -0.1) is 0 Å². The first-order valence-corrected chi connectivity index (χ1v) is 7.15. The fourth-order valence-corrected chi connectivity index (χ4v) is 2.71. The molecule has 2 rings (SSSR count). The van der Waals surface area contributed by atoms with Crippen LogP contribution in [0.2, 0.25) is 0 Å². The number of hydrogen-bond donors (Lipinski definition) is 2. The Morgan fingerprint density at radius 1 is 1.29 bits per heavy atom. The minimum atomic E-state index is -0.353. The summed E-state index contributed by atoms with van der Waals surface area (Å²) in [6, 6.07) is 5.18. The number of β-amino-alcohol motifs (C(OH)–C–C–N with tert-alkyl or cyclic N) is 1. The minimum Gasteiger partial charge on any atom is -0.395 e. The Morgan fingerprint density at radius 2 is 1.95 bits per heavy atom. The second-order valence-electron chi connectivity index (χ2n) is 5.16. The molecule has 0 spiro atoms. The van der Waals surface area contributed by atoms with Crippen LogP contribution in [0.15, 0.2) is 18.2 Å². The molecule has 7 nitrogen and oxygen atoms in total. The van der Waals surface area contributed by atoms with Gasteiger partial charge in [0.15, 0.2) is 0 Å². The number of aliphatic hydroxyl groups is 1. The quantitative estimate of drug-likeness (QED) is 0.595. The summed E-state index contributed by atoms with van der Waals surface area (Å²) in [6.45, 7) is 5.26. The fourth-order valence-electron chi connectivity index (χ4n) is 2.71. The molecule has 0 aliphatic carbocycles. The molecule has 1 saturated heterocycles. The van der Waals surface area contributed by atoms with E-state index in [4.69, 9.17) is 5.11 Å². The second-order valence-corrected chi connectivity index (χ2v) is 5.16. The molecule has 0 saturated carbocycles. The highest BCUT2D eigenvalue weighted by Crippen LogP contribution is 2.28. The van der Waals surface area contributed by atoms with Gasteiger partial charge >= 0.3 is 0 Å². The van der Waals surface area contributed by atoms with Crippen molar-refractivity contribution < 1.29 is 10.0 Å². The van der Waals surface area contributed by atoms with Crippen LogP contribution in [0.5, 0.6) is 0 Å². The van der Waals surface area contributed by atoms with Crippen molar-refractivity contribution in [1.29, 1.82) is 0 Å². The van der Waals surface area contributed by atoms with E-state index in [0.717, 1.165) is 31.7 Å². The third-order valence-electron chi connectivity index (χ3n) is 3.85. The highest BCUT2D eigenvalue weighted by molar-refractivity contribution is 5.66. The number of nitro groups is 1.